The molecule has 118 valence electrons. The van der Waals surface area contributed by atoms with Crippen LogP contribution in [0.5, 0.6) is 0 Å². The number of likely N-dealkylation sites (tertiary alicyclic amines) is 1. The van der Waals surface area contributed by atoms with Gasteiger partial charge in [-0.05, 0) is 43.5 Å². The fraction of sp³-hybridized carbons (Fsp3) is 0.769. The van der Waals surface area contributed by atoms with E-state index in [1.165, 1.54) is 7.11 Å². The number of carbonyl (C=O) groups is 2. The molecule has 0 saturated carbocycles. The van der Waals surface area contributed by atoms with Crippen LogP contribution in [-0.2, 0) is 9.53 Å². The van der Waals surface area contributed by atoms with E-state index in [2.05, 4.69) is 5.32 Å². The van der Waals surface area contributed by atoms with Crippen molar-refractivity contribution in [1.82, 2.24) is 15.1 Å². The van der Waals surface area contributed by atoms with Gasteiger partial charge in [0.05, 0.1) is 7.11 Å². The van der Waals surface area contributed by atoms with Crippen molar-refractivity contribution < 1.29 is 14.3 Å². The molecule has 1 atom stereocenters. The summed E-state index contributed by atoms with van der Waals surface area (Å²) in [6, 6.07) is -0.110. The van der Waals surface area contributed by atoms with Crippen molar-refractivity contribution in [2.75, 3.05) is 32.2 Å². The van der Waals surface area contributed by atoms with Gasteiger partial charge >= 0.3 is 6.09 Å². The van der Waals surface area contributed by atoms with Gasteiger partial charge in [0, 0.05) is 19.1 Å². The van der Waals surface area contributed by atoms with Crippen molar-refractivity contribution in [2.24, 2.45) is 0 Å². The molecule has 2 rings (SSSR count). The molecule has 6 nitrogen and oxygen atoms in total. The third kappa shape index (κ3) is 3.60. The number of amides is 2. The summed E-state index contributed by atoms with van der Waals surface area (Å²) < 4.78 is 4.72. The molecule has 2 aliphatic heterocycles. The number of methoxy groups -OCH3 is 1. The predicted octanol–water partition coefficient (Wildman–Crippen LogP) is 1.06. The number of nitrogens with zero attached hydrogens (tertiary/aromatic N) is 2. The van der Waals surface area contributed by atoms with E-state index in [1.807, 2.05) is 6.26 Å². The molecular formula is C13H21N3O3S2. The van der Waals surface area contributed by atoms with Crippen LogP contribution < -0.4 is 5.32 Å². The number of rotatable bonds is 4. The maximum absolute atomic E-state index is 12.5. The molecule has 0 bridgehead atoms. The Kier molecular flexibility index (Phi) is 5.69. The van der Waals surface area contributed by atoms with Crippen molar-refractivity contribution in [1.29, 1.82) is 0 Å². The summed E-state index contributed by atoms with van der Waals surface area (Å²) in [5, 5.41) is 3.65. The summed E-state index contributed by atoms with van der Waals surface area (Å²) >= 11 is 7.03. The zero-order valence-electron chi connectivity index (χ0n) is 12.3. The molecule has 2 amide bonds. The number of ether oxygens (including phenoxy) is 1. The minimum Gasteiger partial charge on any atom is -0.453 e. The fourth-order valence-corrected chi connectivity index (χ4v) is 3.61. The first-order chi connectivity index (χ1) is 10.1. The van der Waals surface area contributed by atoms with Crippen LogP contribution in [0.25, 0.3) is 0 Å². The molecule has 2 heterocycles. The molecule has 0 unspecified atom stereocenters. The first-order valence-electron chi connectivity index (χ1n) is 7.04. The Morgan fingerprint density at radius 3 is 2.71 bits per heavy atom. The summed E-state index contributed by atoms with van der Waals surface area (Å²) in [6.45, 7) is 1.19. The number of hydrogen-bond acceptors (Lipinski definition) is 5. The average Bonchev–Trinajstić information content (AvgIpc) is 2.79. The third-order valence-corrected chi connectivity index (χ3v) is 4.88. The first-order valence-corrected chi connectivity index (χ1v) is 8.84. The Balaban J connectivity index is 1.92. The molecule has 0 radical (unpaired) electrons. The van der Waals surface area contributed by atoms with E-state index in [9.17, 15) is 9.59 Å². The Morgan fingerprint density at radius 1 is 1.48 bits per heavy atom. The summed E-state index contributed by atoms with van der Waals surface area (Å²) in [6.07, 6.45) is 3.98. The summed E-state index contributed by atoms with van der Waals surface area (Å²) in [7, 11) is 1.38. The second-order valence-electron chi connectivity index (χ2n) is 5.18. The number of piperidine rings is 1. The van der Waals surface area contributed by atoms with Crippen LogP contribution >= 0.6 is 24.0 Å². The van der Waals surface area contributed by atoms with Gasteiger partial charge in [-0.15, -0.1) is 0 Å². The molecule has 0 aromatic heterocycles. The van der Waals surface area contributed by atoms with Crippen LogP contribution in [0, 0.1) is 0 Å². The van der Waals surface area contributed by atoms with Crippen LogP contribution in [0.1, 0.15) is 19.3 Å². The van der Waals surface area contributed by atoms with Gasteiger partial charge in [0.25, 0.3) is 5.91 Å². The number of hydrogen-bond donors (Lipinski definition) is 1. The molecule has 21 heavy (non-hydrogen) atoms. The Hall–Kier alpha value is -1.02. The second-order valence-corrected chi connectivity index (χ2v) is 6.55. The summed E-state index contributed by atoms with van der Waals surface area (Å²) in [5.74, 6) is 1.01. The Morgan fingerprint density at radius 2 is 2.14 bits per heavy atom. The van der Waals surface area contributed by atoms with Crippen LogP contribution in [0.4, 0.5) is 4.79 Å². The lowest BCUT2D eigenvalue weighted by atomic mass is 10.0. The SMILES string of the molecule is COC(=O)N1CCC(N2C(=O)[C@@H](CCSC)NC2=S)CC1. The van der Waals surface area contributed by atoms with Gasteiger partial charge in [0.15, 0.2) is 5.11 Å². The minimum absolute atomic E-state index is 0.0746. The fourth-order valence-electron chi connectivity index (χ4n) is 2.76. The standard InChI is InChI=1S/C13H21N3O3S2/c1-19-13(18)15-6-3-9(4-7-15)16-11(17)10(5-8-21-2)14-12(16)20/h9-10H,3-8H2,1-2H3,(H,14,20)/t10-/m1/s1. The number of thioether (sulfide) groups is 1. The van der Waals surface area contributed by atoms with Gasteiger partial charge < -0.3 is 15.0 Å². The van der Waals surface area contributed by atoms with Gasteiger partial charge in [-0.2, -0.15) is 11.8 Å². The van der Waals surface area contributed by atoms with Crippen LogP contribution in [0.3, 0.4) is 0 Å². The van der Waals surface area contributed by atoms with Gasteiger partial charge in [-0.3, -0.25) is 9.69 Å². The summed E-state index contributed by atoms with van der Waals surface area (Å²) in [4.78, 5) is 27.3. The largest absolute Gasteiger partial charge is 0.453 e. The lowest BCUT2D eigenvalue weighted by Gasteiger charge is -2.35. The maximum Gasteiger partial charge on any atom is 0.409 e. The molecule has 0 aromatic carbocycles. The van der Waals surface area contributed by atoms with E-state index < -0.39 is 0 Å². The van der Waals surface area contributed by atoms with Crippen LogP contribution in [0.2, 0.25) is 0 Å². The first kappa shape index (κ1) is 16.4. The van der Waals surface area contributed by atoms with Crippen LogP contribution in [-0.4, -0.2) is 71.2 Å². The predicted molar refractivity (Wildman–Crippen MR) is 86.4 cm³/mol. The monoisotopic (exact) mass is 331 g/mol. The van der Waals surface area contributed by atoms with Crippen LogP contribution in [0.15, 0.2) is 0 Å². The molecule has 0 aliphatic carbocycles. The highest BCUT2D eigenvalue weighted by atomic mass is 32.2. The van der Waals surface area contributed by atoms with Gasteiger partial charge in [-0.1, -0.05) is 0 Å². The molecule has 0 spiro atoms. The second kappa shape index (κ2) is 7.31. The van der Waals surface area contributed by atoms with Gasteiger partial charge in [0.1, 0.15) is 6.04 Å². The lowest BCUT2D eigenvalue weighted by molar-refractivity contribution is -0.129. The van der Waals surface area contributed by atoms with Gasteiger partial charge in [0.2, 0.25) is 0 Å². The highest BCUT2D eigenvalue weighted by Crippen LogP contribution is 2.22. The van der Waals surface area contributed by atoms with E-state index in [-0.39, 0.29) is 24.1 Å². The molecule has 2 fully saturated rings. The Bertz CT molecular complexity index is 425. The van der Waals surface area contributed by atoms with Crippen molar-refractivity contribution in [3.63, 3.8) is 0 Å². The number of nitrogens with one attached hydrogen (secondary N) is 1. The summed E-state index contributed by atoms with van der Waals surface area (Å²) in [5.41, 5.74) is 0. The number of carbonyl (C=O) groups excluding carboxylic acids is 2. The van der Waals surface area contributed by atoms with Crippen molar-refractivity contribution in [3.8, 4) is 0 Å². The molecule has 2 saturated heterocycles. The third-order valence-electron chi connectivity index (χ3n) is 3.93. The maximum atomic E-state index is 12.5. The van der Waals surface area contributed by atoms with E-state index >= 15 is 0 Å². The van der Waals surface area contributed by atoms with Crippen molar-refractivity contribution >= 4 is 41.1 Å². The number of thiocarbonyl (C=S) groups is 1. The molecular weight excluding hydrogens is 310 g/mol. The molecule has 8 heteroatoms. The normalized spacial score (nSPS) is 23.4. The average molecular weight is 331 g/mol. The highest BCUT2D eigenvalue weighted by Gasteiger charge is 2.40. The topological polar surface area (TPSA) is 61.9 Å². The zero-order valence-corrected chi connectivity index (χ0v) is 14.0. The molecule has 2 aliphatic rings. The smallest absolute Gasteiger partial charge is 0.409 e. The lowest BCUT2D eigenvalue weighted by Crippen LogP contribution is -2.49. The highest BCUT2D eigenvalue weighted by molar-refractivity contribution is 7.98. The van der Waals surface area contributed by atoms with E-state index in [1.54, 1.807) is 21.6 Å². The van der Waals surface area contributed by atoms with E-state index in [0.29, 0.717) is 18.2 Å². The quantitative estimate of drug-likeness (QED) is 0.777. The van der Waals surface area contributed by atoms with E-state index in [4.69, 9.17) is 17.0 Å². The minimum atomic E-state index is -0.306. The van der Waals surface area contributed by atoms with Gasteiger partial charge in [-0.25, -0.2) is 4.79 Å². The Labute approximate surface area is 134 Å². The van der Waals surface area contributed by atoms with Crippen molar-refractivity contribution in [2.45, 2.75) is 31.3 Å². The molecule has 0 aromatic rings. The molecule has 1 N–H and O–H groups in total. The zero-order chi connectivity index (χ0) is 15.4. The van der Waals surface area contributed by atoms with E-state index in [0.717, 1.165) is 25.0 Å². The van der Waals surface area contributed by atoms with Crippen molar-refractivity contribution in [3.05, 3.63) is 0 Å².